The lowest BCUT2D eigenvalue weighted by Crippen LogP contribution is -2.13. The molecule has 0 radical (unpaired) electrons. The van der Waals surface area contributed by atoms with Crippen LogP contribution in [0.5, 0.6) is 0 Å². The first-order valence-electron chi connectivity index (χ1n) is 8.90. The zero-order chi connectivity index (χ0) is 17.8. The van der Waals surface area contributed by atoms with E-state index in [0.717, 1.165) is 35.5 Å². The van der Waals surface area contributed by atoms with Gasteiger partial charge in [-0.1, -0.05) is 6.07 Å². The predicted molar refractivity (Wildman–Crippen MR) is 97.3 cm³/mol. The van der Waals surface area contributed by atoms with Crippen molar-refractivity contribution in [1.29, 1.82) is 5.26 Å². The van der Waals surface area contributed by atoms with Gasteiger partial charge in [0.1, 0.15) is 0 Å². The summed E-state index contributed by atoms with van der Waals surface area (Å²) in [4.78, 5) is 12.3. The molecule has 0 unspecified atom stereocenters. The molecule has 0 spiro atoms. The van der Waals surface area contributed by atoms with Gasteiger partial charge in [0.05, 0.1) is 24.7 Å². The van der Waals surface area contributed by atoms with Crippen molar-refractivity contribution in [2.24, 2.45) is 0 Å². The highest BCUT2D eigenvalue weighted by Gasteiger charge is 2.14. The molecule has 1 amide bonds. The Balaban J connectivity index is 1.59. The molecule has 5 heteroatoms. The van der Waals surface area contributed by atoms with E-state index in [4.69, 9.17) is 5.26 Å². The summed E-state index contributed by atoms with van der Waals surface area (Å²) in [5, 5.41) is 16.2. The number of fused-ring (bicyclic) bond motifs is 1. The first-order chi connectivity index (χ1) is 12.1. The molecule has 1 aromatic carbocycles. The van der Waals surface area contributed by atoms with Crippen molar-refractivity contribution in [3.63, 3.8) is 0 Å². The van der Waals surface area contributed by atoms with E-state index in [1.807, 2.05) is 24.6 Å². The van der Waals surface area contributed by atoms with Crippen molar-refractivity contribution in [3.8, 4) is 6.07 Å². The largest absolute Gasteiger partial charge is 0.326 e. The first-order valence-corrected chi connectivity index (χ1v) is 8.90. The quantitative estimate of drug-likeness (QED) is 0.878. The Morgan fingerprint density at radius 2 is 2.12 bits per heavy atom. The summed E-state index contributed by atoms with van der Waals surface area (Å²) in [6, 6.07) is 8.38. The van der Waals surface area contributed by atoms with E-state index in [2.05, 4.69) is 28.6 Å². The Morgan fingerprint density at radius 1 is 1.32 bits per heavy atom. The molecule has 25 heavy (non-hydrogen) atoms. The average molecular weight is 336 g/mol. The molecule has 1 N–H and O–H groups in total. The first kappa shape index (κ1) is 17.2. The number of anilines is 1. The van der Waals surface area contributed by atoms with Gasteiger partial charge in [-0.3, -0.25) is 9.48 Å². The number of nitrogens with one attached hydrogen (secondary N) is 1. The predicted octanol–water partition coefficient (Wildman–Crippen LogP) is 3.47. The van der Waals surface area contributed by atoms with Crippen molar-refractivity contribution in [1.82, 2.24) is 9.78 Å². The topological polar surface area (TPSA) is 70.7 Å². The number of hydrogen-bond donors (Lipinski definition) is 1. The maximum absolute atomic E-state index is 12.3. The zero-order valence-electron chi connectivity index (χ0n) is 14.9. The number of aryl methyl sites for hydroxylation is 4. The second kappa shape index (κ2) is 7.52. The van der Waals surface area contributed by atoms with Crippen molar-refractivity contribution < 1.29 is 4.79 Å². The van der Waals surface area contributed by atoms with E-state index >= 15 is 0 Å². The van der Waals surface area contributed by atoms with Crippen LogP contribution >= 0.6 is 0 Å². The third kappa shape index (κ3) is 3.90. The van der Waals surface area contributed by atoms with Crippen LogP contribution in [0, 0.1) is 25.2 Å². The van der Waals surface area contributed by atoms with Crippen LogP contribution in [0.3, 0.4) is 0 Å². The van der Waals surface area contributed by atoms with Crippen molar-refractivity contribution in [2.75, 3.05) is 5.32 Å². The lowest BCUT2D eigenvalue weighted by Gasteiger charge is -2.08. The molecule has 0 atom stereocenters. The highest BCUT2D eigenvalue weighted by Crippen LogP contribution is 2.25. The van der Waals surface area contributed by atoms with Crippen LogP contribution in [0.4, 0.5) is 5.69 Å². The summed E-state index contributed by atoms with van der Waals surface area (Å²) >= 11 is 0. The fourth-order valence-electron chi connectivity index (χ4n) is 3.58. The number of carbonyl (C=O) groups excluding carboxylic acids is 1. The average Bonchev–Trinajstić information content (AvgIpc) is 3.15. The van der Waals surface area contributed by atoms with Gasteiger partial charge in [-0.2, -0.15) is 10.4 Å². The van der Waals surface area contributed by atoms with E-state index in [0.29, 0.717) is 25.8 Å². The molecule has 3 rings (SSSR count). The maximum Gasteiger partial charge on any atom is 0.224 e. The summed E-state index contributed by atoms with van der Waals surface area (Å²) in [5.74, 6) is 0.0292. The Bertz CT molecular complexity index is 829. The Hall–Kier alpha value is -2.61. The Labute approximate surface area is 148 Å². The molecule has 1 aliphatic carbocycles. The maximum atomic E-state index is 12.3. The number of nitrogens with zero attached hydrogens (tertiary/aromatic N) is 3. The number of amides is 1. The third-order valence-corrected chi connectivity index (χ3v) is 4.95. The molecule has 0 saturated carbocycles. The summed E-state index contributed by atoms with van der Waals surface area (Å²) in [6.45, 7) is 4.57. The normalized spacial score (nSPS) is 12.7. The molecule has 0 aliphatic heterocycles. The highest BCUT2D eigenvalue weighted by atomic mass is 16.1. The van der Waals surface area contributed by atoms with E-state index < -0.39 is 0 Å². The number of benzene rings is 1. The number of hydrogen-bond acceptors (Lipinski definition) is 3. The van der Waals surface area contributed by atoms with Gasteiger partial charge in [0, 0.05) is 17.8 Å². The second-order valence-corrected chi connectivity index (χ2v) is 6.67. The SMILES string of the molecule is Cc1nn(CCC#N)c(C)c1CCC(=O)Nc1ccc2c(c1)CCC2. The van der Waals surface area contributed by atoms with Crippen LogP contribution in [0.1, 0.15) is 47.3 Å². The van der Waals surface area contributed by atoms with Gasteiger partial charge in [-0.25, -0.2) is 0 Å². The van der Waals surface area contributed by atoms with E-state index in [9.17, 15) is 4.79 Å². The molecular formula is C20H24N4O. The molecule has 0 fully saturated rings. The summed E-state index contributed by atoms with van der Waals surface area (Å²) < 4.78 is 1.87. The molecule has 0 bridgehead atoms. The number of aromatic nitrogens is 2. The van der Waals surface area contributed by atoms with Crippen LogP contribution in [0.15, 0.2) is 18.2 Å². The third-order valence-electron chi connectivity index (χ3n) is 4.95. The van der Waals surface area contributed by atoms with Crippen LogP contribution in [0.25, 0.3) is 0 Å². The minimum Gasteiger partial charge on any atom is -0.326 e. The zero-order valence-corrected chi connectivity index (χ0v) is 14.9. The molecule has 5 nitrogen and oxygen atoms in total. The second-order valence-electron chi connectivity index (χ2n) is 6.67. The van der Waals surface area contributed by atoms with E-state index in [1.54, 1.807) is 0 Å². The minimum absolute atomic E-state index is 0.0292. The lowest BCUT2D eigenvalue weighted by molar-refractivity contribution is -0.116. The molecular weight excluding hydrogens is 312 g/mol. The smallest absolute Gasteiger partial charge is 0.224 e. The van der Waals surface area contributed by atoms with Gasteiger partial charge in [-0.15, -0.1) is 0 Å². The lowest BCUT2D eigenvalue weighted by atomic mass is 10.1. The van der Waals surface area contributed by atoms with Crippen LogP contribution in [-0.4, -0.2) is 15.7 Å². The molecule has 130 valence electrons. The summed E-state index contributed by atoms with van der Waals surface area (Å²) in [5.41, 5.74) is 6.78. The number of carbonyl (C=O) groups is 1. The molecule has 1 heterocycles. The van der Waals surface area contributed by atoms with Gasteiger partial charge in [0.15, 0.2) is 0 Å². The number of rotatable bonds is 6. The Kier molecular flexibility index (Phi) is 5.18. The molecule has 2 aromatic rings. The monoisotopic (exact) mass is 336 g/mol. The van der Waals surface area contributed by atoms with Crippen LogP contribution in [0.2, 0.25) is 0 Å². The van der Waals surface area contributed by atoms with E-state index in [-0.39, 0.29) is 5.91 Å². The fraction of sp³-hybridized carbons (Fsp3) is 0.450. The van der Waals surface area contributed by atoms with Gasteiger partial charge < -0.3 is 5.32 Å². The van der Waals surface area contributed by atoms with Crippen molar-refractivity contribution >= 4 is 11.6 Å². The van der Waals surface area contributed by atoms with Gasteiger partial charge >= 0.3 is 0 Å². The summed E-state index contributed by atoms with van der Waals surface area (Å²) in [7, 11) is 0. The van der Waals surface area contributed by atoms with Gasteiger partial charge in [0.25, 0.3) is 0 Å². The van der Waals surface area contributed by atoms with Crippen molar-refractivity contribution in [3.05, 3.63) is 46.3 Å². The van der Waals surface area contributed by atoms with Gasteiger partial charge in [-0.05, 0) is 68.4 Å². The minimum atomic E-state index is 0.0292. The Morgan fingerprint density at radius 3 is 2.92 bits per heavy atom. The van der Waals surface area contributed by atoms with Crippen molar-refractivity contribution in [2.45, 2.75) is 58.9 Å². The summed E-state index contributed by atoms with van der Waals surface area (Å²) in [6.07, 6.45) is 5.02. The molecule has 1 aliphatic rings. The standard InChI is InChI=1S/C20H24N4O/c1-14-19(15(2)24(23-14)12-4-11-21)9-10-20(25)22-18-8-7-16-5-3-6-17(16)13-18/h7-8,13H,3-6,9-10,12H2,1-2H3,(H,22,25). The van der Waals surface area contributed by atoms with Crippen LogP contribution < -0.4 is 5.32 Å². The van der Waals surface area contributed by atoms with Crippen LogP contribution in [-0.2, 0) is 30.6 Å². The fourth-order valence-corrected chi connectivity index (χ4v) is 3.58. The molecule has 1 aromatic heterocycles. The highest BCUT2D eigenvalue weighted by molar-refractivity contribution is 5.91. The number of nitriles is 1. The van der Waals surface area contributed by atoms with E-state index in [1.165, 1.54) is 17.5 Å². The van der Waals surface area contributed by atoms with Gasteiger partial charge in [0.2, 0.25) is 5.91 Å². The molecule has 0 saturated heterocycles.